The van der Waals surface area contributed by atoms with Gasteiger partial charge in [0.15, 0.2) is 0 Å². The monoisotopic (exact) mass is 319 g/mol. The quantitative estimate of drug-likeness (QED) is 0.716. The third-order valence-electron chi connectivity index (χ3n) is 3.97. The Kier molecular flexibility index (Phi) is 7.09. The molecule has 1 atom stereocenters. The average Bonchev–Trinajstić information content (AvgIpc) is 2.45. The van der Waals surface area contributed by atoms with Gasteiger partial charge in [-0.1, -0.05) is 13.8 Å². The van der Waals surface area contributed by atoms with Crippen LogP contribution in [0.25, 0.3) is 0 Å². The van der Waals surface area contributed by atoms with E-state index in [-0.39, 0.29) is 23.6 Å². The van der Waals surface area contributed by atoms with Crippen LogP contribution in [0.3, 0.4) is 0 Å². The summed E-state index contributed by atoms with van der Waals surface area (Å²) in [4.78, 5) is 12.2. The Balaban J connectivity index is 2.46. The molecule has 1 aliphatic heterocycles. The molecule has 0 radical (unpaired) electrons. The van der Waals surface area contributed by atoms with Gasteiger partial charge in [0.2, 0.25) is 15.9 Å². The Bertz CT molecular complexity index is 429. The number of hydrogen-bond donors (Lipinski definition) is 2. The van der Waals surface area contributed by atoms with Crippen LogP contribution in [-0.2, 0) is 14.8 Å². The molecule has 21 heavy (non-hydrogen) atoms. The summed E-state index contributed by atoms with van der Waals surface area (Å²) in [6.07, 6.45) is 2.12. The summed E-state index contributed by atoms with van der Waals surface area (Å²) >= 11 is 0. The number of piperidine rings is 1. The molecule has 0 spiro atoms. The molecule has 7 heteroatoms. The zero-order valence-corrected chi connectivity index (χ0v) is 14.2. The van der Waals surface area contributed by atoms with Crippen LogP contribution in [0.1, 0.15) is 40.0 Å². The highest BCUT2D eigenvalue weighted by Crippen LogP contribution is 2.16. The second kappa shape index (κ2) is 8.10. The van der Waals surface area contributed by atoms with Crippen molar-refractivity contribution in [1.29, 1.82) is 0 Å². The molecular formula is C14H29N3O3S. The highest BCUT2D eigenvalue weighted by molar-refractivity contribution is 7.89. The highest BCUT2D eigenvalue weighted by Gasteiger charge is 2.28. The average molecular weight is 319 g/mol. The fourth-order valence-corrected chi connectivity index (χ4v) is 3.79. The topological polar surface area (TPSA) is 92.5 Å². The van der Waals surface area contributed by atoms with E-state index in [1.165, 1.54) is 4.31 Å². The predicted octanol–water partition coefficient (Wildman–Crippen LogP) is 0.538. The Hall–Kier alpha value is -0.660. The number of carbonyl (C=O) groups excluding carboxylic acids is 1. The van der Waals surface area contributed by atoms with Crippen LogP contribution in [-0.4, -0.2) is 50.1 Å². The Labute approximate surface area is 128 Å². The van der Waals surface area contributed by atoms with Crippen molar-refractivity contribution >= 4 is 15.9 Å². The lowest BCUT2D eigenvalue weighted by Crippen LogP contribution is -2.49. The van der Waals surface area contributed by atoms with Crippen molar-refractivity contribution in [1.82, 2.24) is 9.62 Å². The van der Waals surface area contributed by atoms with Gasteiger partial charge >= 0.3 is 0 Å². The maximum absolute atomic E-state index is 12.2. The molecule has 124 valence electrons. The zero-order valence-electron chi connectivity index (χ0n) is 13.3. The van der Waals surface area contributed by atoms with Crippen LogP contribution in [0.5, 0.6) is 0 Å². The van der Waals surface area contributed by atoms with E-state index >= 15 is 0 Å². The minimum absolute atomic E-state index is 0.00278. The van der Waals surface area contributed by atoms with Crippen molar-refractivity contribution < 1.29 is 13.2 Å². The van der Waals surface area contributed by atoms with Crippen molar-refractivity contribution in [3.63, 3.8) is 0 Å². The van der Waals surface area contributed by atoms with E-state index in [4.69, 9.17) is 5.73 Å². The van der Waals surface area contributed by atoms with E-state index in [1.54, 1.807) is 6.92 Å². The van der Waals surface area contributed by atoms with Gasteiger partial charge < -0.3 is 11.1 Å². The van der Waals surface area contributed by atoms with Gasteiger partial charge in [-0.25, -0.2) is 12.7 Å². The summed E-state index contributed by atoms with van der Waals surface area (Å²) in [7, 11) is -3.11. The summed E-state index contributed by atoms with van der Waals surface area (Å²) in [5.41, 5.74) is 5.68. The van der Waals surface area contributed by atoms with E-state index in [1.807, 2.05) is 0 Å². The molecule has 1 aliphatic rings. The van der Waals surface area contributed by atoms with Gasteiger partial charge in [0, 0.05) is 25.7 Å². The first-order valence-corrected chi connectivity index (χ1v) is 9.39. The van der Waals surface area contributed by atoms with Crippen molar-refractivity contribution in [3.05, 3.63) is 0 Å². The zero-order chi connectivity index (χ0) is 16.0. The van der Waals surface area contributed by atoms with Gasteiger partial charge in [-0.3, -0.25) is 4.79 Å². The standard InChI is InChI=1S/C14H29N3O3S/c1-4-21(19,20)17-7-5-13(6-8-17)16-14(18)12(10-15)9-11(2)3/h11-13H,4-10,15H2,1-3H3,(H,16,18). The molecule has 1 fully saturated rings. The molecule has 1 heterocycles. The predicted molar refractivity (Wildman–Crippen MR) is 84.2 cm³/mol. The lowest BCUT2D eigenvalue weighted by Gasteiger charge is -2.32. The minimum Gasteiger partial charge on any atom is -0.353 e. The van der Waals surface area contributed by atoms with Crippen LogP contribution in [0.15, 0.2) is 0 Å². The number of nitrogens with zero attached hydrogens (tertiary/aromatic N) is 1. The van der Waals surface area contributed by atoms with E-state index in [2.05, 4.69) is 19.2 Å². The van der Waals surface area contributed by atoms with Crippen LogP contribution < -0.4 is 11.1 Å². The SMILES string of the molecule is CCS(=O)(=O)N1CCC(NC(=O)C(CN)CC(C)C)CC1. The first-order chi connectivity index (χ1) is 9.80. The van der Waals surface area contributed by atoms with Crippen LogP contribution in [0, 0.1) is 11.8 Å². The maximum Gasteiger partial charge on any atom is 0.224 e. The molecule has 3 N–H and O–H groups in total. The second-order valence-electron chi connectivity index (χ2n) is 6.14. The molecule has 0 bridgehead atoms. The van der Waals surface area contributed by atoms with E-state index in [0.29, 0.717) is 38.4 Å². The lowest BCUT2D eigenvalue weighted by atomic mass is 9.95. The fraction of sp³-hybridized carbons (Fsp3) is 0.929. The number of rotatable bonds is 7. The number of sulfonamides is 1. The number of hydrogen-bond acceptors (Lipinski definition) is 4. The van der Waals surface area contributed by atoms with Crippen molar-refractivity contribution in [3.8, 4) is 0 Å². The second-order valence-corrected chi connectivity index (χ2v) is 8.40. The summed E-state index contributed by atoms with van der Waals surface area (Å²) in [6.45, 7) is 7.12. The number of amides is 1. The van der Waals surface area contributed by atoms with E-state index in [9.17, 15) is 13.2 Å². The van der Waals surface area contributed by atoms with Gasteiger partial charge in [0.25, 0.3) is 0 Å². The molecule has 6 nitrogen and oxygen atoms in total. The minimum atomic E-state index is -3.11. The number of nitrogens with one attached hydrogen (secondary N) is 1. The lowest BCUT2D eigenvalue weighted by molar-refractivity contribution is -0.126. The Morgan fingerprint density at radius 3 is 2.33 bits per heavy atom. The van der Waals surface area contributed by atoms with Gasteiger partial charge in [-0.2, -0.15) is 0 Å². The molecule has 1 unspecified atom stereocenters. The van der Waals surface area contributed by atoms with Crippen LogP contribution in [0.4, 0.5) is 0 Å². The first kappa shape index (κ1) is 18.4. The molecule has 0 aromatic carbocycles. The maximum atomic E-state index is 12.2. The molecule has 1 saturated heterocycles. The summed E-state index contributed by atoms with van der Waals surface area (Å²) in [5, 5.41) is 3.02. The van der Waals surface area contributed by atoms with Crippen molar-refractivity contribution in [2.45, 2.75) is 46.1 Å². The first-order valence-electron chi connectivity index (χ1n) is 7.78. The molecule has 0 aromatic heterocycles. The van der Waals surface area contributed by atoms with Crippen molar-refractivity contribution in [2.24, 2.45) is 17.6 Å². The van der Waals surface area contributed by atoms with Gasteiger partial charge in [0.1, 0.15) is 0 Å². The molecule has 0 aromatic rings. The normalized spacial score (nSPS) is 19.7. The smallest absolute Gasteiger partial charge is 0.224 e. The summed E-state index contributed by atoms with van der Waals surface area (Å²) < 4.78 is 25.1. The molecule has 1 amide bonds. The van der Waals surface area contributed by atoms with E-state index < -0.39 is 10.0 Å². The van der Waals surface area contributed by atoms with Gasteiger partial charge in [-0.15, -0.1) is 0 Å². The van der Waals surface area contributed by atoms with Crippen molar-refractivity contribution in [2.75, 3.05) is 25.4 Å². The Morgan fingerprint density at radius 1 is 1.33 bits per heavy atom. The fourth-order valence-electron chi connectivity index (χ4n) is 2.66. The third kappa shape index (κ3) is 5.56. The molecule has 0 aliphatic carbocycles. The molecular weight excluding hydrogens is 290 g/mol. The molecule has 1 rings (SSSR count). The van der Waals surface area contributed by atoms with E-state index in [0.717, 1.165) is 6.42 Å². The van der Waals surface area contributed by atoms with Gasteiger partial charge in [-0.05, 0) is 32.1 Å². The number of carbonyl (C=O) groups is 1. The summed E-state index contributed by atoms with van der Waals surface area (Å²) in [5.74, 6) is 0.416. The van der Waals surface area contributed by atoms with Crippen LogP contribution >= 0.6 is 0 Å². The van der Waals surface area contributed by atoms with Gasteiger partial charge in [0.05, 0.1) is 11.7 Å². The summed E-state index contributed by atoms with van der Waals surface area (Å²) in [6, 6.07) is 0.0574. The van der Waals surface area contributed by atoms with Crippen LogP contribution in [0.2, 0.25) is 0 Å². The largest absolute Gasteiger partial charge is 0.353 e. The Morgan fingerprint density at radius 2 is 1.90 bits per heavy atom. The third-order valence-corrected chi connectivity index (χ3v) is 5.85. The number of nitrogens with two attached hydrogens (primary N) is 1. The molecule has 0 saturated carbocycles. The highest BCUT2D eigenvalue weighted by atomic mass is 32.2.